The van der Waals surface area contributed by atoms with E-state index >= 15 is 0 Å². The Morgan fingerprint density at radius 1 is 0.946 bits per heavy atom. The number of fused-ring (bicyclic) bond motifs is 1. The van der Waals surface area contributed by atoms with E-state index in [1.807, 2.05) is 54.1 Å². The van der Waals surface area contributed by atoms with Crippen LogP contribution in [0.25, 0.3) is 40.1 Å². The summed E-state index contributed by atoms with van der Waals surface area (Å²) in [4.78, 5) is 9.58. The van der Waals surface area contributed by atoms with Crippen LogP contribution in [0.4, 0.5) is 13.2 Å². The second-order valence-corrected chi connectivity index (χ2v) is 9.37. The average Bonchev–Trinajstić information content (AvgIpc) is 3.45. The molecule has 0 fully saturated rings. The SMILES string of the molecule is Cc1cc(C(F)(F)F)nn1-c1ccc(/C=C/c2cc3c(ncn3C)c(-c3ccccc3C(C)C)n2)cc1. The Bertz CT molecular complexity index is 1610. The lowest BCUT2D eigenvalue weighted by Gasteiger charge is -2.13. The maximum Gasteiger partial charge on any atom is 0.435 e. The predicted octanol–water partition coefficient (Wildman–Crippen LogP) is 7.44. The third kappa shape index (κ3) is 4.79. The maximum atomic E-state index is 13.0. The first kappa shape index (κ1) is 24.5. The molecule has 37 heavy (non-hydrogen) atoms. The smallest absolute Gasteiger partial charge is 0.334 e. The van der Waals surface area contributed by atoms with Crippen LogP contribution < -0.4 is 0 Å². The summed E-state index contributed by atoms with van der Waals surface area (Å²) in [6, 6.07) is 18.5. The van der Waals surface area contributed by atoms with Crippen molar-refractivity contribution in [1.82, 2.24) is 24.3 Å². The molecule has 8 heteroatoms. The minimum atomic E-state index is -4.48. The minimum absolute atomic E-state index is 0.333. The normalized spacial score (nSPS) is 12.3. The van der Waals surface area contributed by atoms with Crippen LogP contribution in [0.1, 0.15) is 48.0 Å². The van der Waals surface area contributed by atoms with Gasteiger partial charge in [-0.15, -0.1) is 0 Å². The largest absolute Gasteiger partial charge is 0.435 e. The van der Waals surface area contributed by atoms with Crippen LogP contribution in [0.2, 0.25) is 0 Å². The zero-order chi connectivity index (χ0) is 26.3. The van der Waals surface area contributed by atoms with E-state index in [2.05, 4.69) is 36.1 Å². The fourth-order valence-electron chi connectivity index (χ4n) is 4.42. The van der Waals surface area contributed by atoms with Crippen molar-refractivity contribution in [3.05, 3.63) is 95.2 Å². The van der Waals surface area contributed by atoms with Gasteiger partial charge >= 0.3 is 6.18 Å². The molecule has 5 aromatic rings. The Labute approximate surface area is 212 Å². The van der Waals surface area contributed by atoms with E-state index in [1.165, 1.54) is 10.2 Å². The minimum Gasteiger partial charge on any atom is -0.334 e. The molecule has 188 valence electrons. The number of aryl methyl sites for hydroxylation is 2. The van der Waals surface area contributed by atoms with Gasteiger partial charge in [-0.25, -0.2) is 14.6 Å². The van der Waals surface area contributed by atoms with Crippen LogP contribution >= 0.6 is 0 Å². The number of imidazole rings is 1. The van der Waals surface area contributed by atoms with E-state index in [0.29, 0.717) is 17.3 Å². The molecule has 3 heterocycles. The highest BCUT2D eigenvalue weighted by Crippen LogP contribution is 2.33. The third-order valence-electron chi connectivity index (χ3n) is 6.33. The van der Waals surface area contributed by atoms with E-state index < -0.39 is 11.9 Å². The van der Waals surface area contributed by atoms with Crippen LogP contribution in [0, 0.1) is 6.92 Å². The molecule has 0 radical (unpaired) electrons. The van der Waals surface area contributed by atoms with Gasteiger partial charge in [0.05, 0.1) is 28.9 Å². The van der Waals surface area contributed by atoms with Gasteiger partial charge in [-0.1, -0.05) is 56.3 Å². The lowest BCUT2D eigenvalue weighted by molar-refractivity contribution is -0.141. The average molecular weight is 502 g/mol. The molecule has 5 rings (SSSR count). The molecule has 2 aromatic carbocycles. The first-order valence-electron chi connectivity index (χ1n) is 12.0. The van der Waals surface area contributed by atoms with Crippen molar-refractivity contribution in [2.24, 2.45) is 7.05 Å². The van der Waals surface area contributed by atoms with Gasteiger partial charge in [-0.05, 0) is 54.3 Å². The van der Waals surface area contributed by atoms with Crippen molar-refractivity contribution in [3.8, 4) is 16.9 Å². The fourth-order valence-corrected chi connectivity index (χ4v) is 4.42. The molecule has 5 nitrogen and oxygen atoms in total. The summed E-state index contributed by atoms with van der Waals surface area (Å²) in [5.74, 6) is 0.333. The topological polar surface area (TPSA) is 48.5 Å². The van der Waals surface area contributed by atoms with E-state index in [4.69, 9.17) is 4.98 Å². The summed E-state index contributed by atoms with van der Waals surface area (Å²) in [5, 5.41) is 3.72. The molecular weight excluding hydrogens is 475 g/mol. The summed E-state index contributed by atoms with van der Waals surface area (Å²) < 4.78 is 42.4. The number of pyridine rings is 1. The Morgan fingerprint density at radius 2 is 1.68 bits per heavy atom. The molecule has 0 spiro atoms. The highest BCUT2D eigenvalue weighted by Gasteiger charge is 2.34. The van der Waals surface area contributed by atoms with Crippen molar-refractivity contribution in [1.29, 1.82) is 0 Å². The van der Waals surface area contributed by atoms with Crippen LogP contribution in [-0.4, -0.2) is 24.3 Å². The van der Waals surface area contributed by atoms with Crippen LogP contribution in [0.3, 0.4) is 0 Å². The van der Waals surface area contributed by atoms with Crippen LogP contribution in [0.5, 0.6) is 0 Å². The molecule has 0 aliphatic carbocycles. The number of halogens is 3. The number of nitrogens with zero attached hydrogens (tertiary/aromatic N) is 5. The second-order valence-electron chi connectivity index (χ2n) is 9.37. The quantitative estimate of drug-likeness (QED) is 0.251. The molecule has 0 aliphatic rings. The van der Waals surface area contributed by atoms with Gasteiger partial charge in [0.25, 0.3) is 0 Å². The second kappa shape index (κ2) is 9.35. The standard InChI is InChI=1S/C29H26F3N5/c1-18(2)23-7-5-6-8-24(23)27-28-25(36(4)17-33-28)16-21(34-27)12-9-20-10-13-22(14-11-20)37-19(3)15-26(35-37)29(30,31)32/h5-18H,1-4H3/b12-9+. The molecule has 0 N–H and O–H groups in total. The van der Waals surface area contributed by atoms with E-state index in [-0.39, 0.29) is 0 Å². The number of alkyl halides is 3. The Hall–Kier alpha value is -4.20. The van der Waals surface area contributed by atoms with E-state index in [0.717, 1.165) is 39.6 Å². The van der Waals surface area contributed by atoms with Crippen molar-refractivity contribution >= 4 is 23.2 Å². The van der Waals surface area contributed by atoms with Gasteiger partial charge in [-0.3, -0.25) is 0 Å². The molecule has 0 atom stereocenters. The van der Waals surface area contributed by atoms with Gasteiger partial charge in [0.2, 0.25) is 0 Å². The summed E-state index contributed by atoms with van der Waals surface area (Å²) in [7, 11) is 1.96. The molecule has 0 saturated heterocycles. The Kier molecular flexibility index (Phi) is 6.19. The Morgan fingerprint density at radius 3 is 2.35 bits per heavy atom. The van der Waals surface area contributed by atoms with Gasteiger partial charge in [-0.2, -0.15) is 18.3 Å². The first-order valence-corrected chi connectivity index (χ1v) is 12.0. The molecule has 0 saturated carbocycles. The molecule has 0 unspecified atom stereocenters. The third-order valence-corrected chi connectivity index (χ3v) is 6.33. The van der Waals surface area contributed by atoms with Crippen molar-refractivity contribution < 1.29 is 13.2 Å². The maximum absolute atomic E-state index is 13.0. The highest BCUT2D eigenvalue weighted by molar-refractivity contribution is 5.92. The van der Waals surface area contributed by atoms with Crippen molar-refractivity contribution in [3.63, 3.8) is 0 Å². The van der Waals surface area contributed by atoms with Gasteiger partial charge in [0.1, 0.15) is 5.52 Å². The Balaban J connectivity index is 1.49. The summed E-state index contributed by atoms with van der Waals surface area (Å²) in [6.45, 7) is 5.93. The van der Waals surface area contributed by atoms with Crippen molar-refractivity contribution in [2.45, 2.75) is 32.9 Å². The first-order chi connectivity index (χ1) is 17.6. The number of aromatic nitrogens is 5. The molecule has 3 aromatic heterocycles. The van der Waals surface area contributed by atoms with Crippen LogP contribution in [0.15, 0.2) is 67.0 Å². The fraction of sp³-hybridized carbons (Fsp3) is 0.207. The summed E-state index contributed by atoms with van der Waals surface area (Å²) in [6.07, 6.45) is 1.18. The summed E-state index contributed by atoms with van der Waals surface area (Å²) in [5.41, 5.74) is 6.69. The van der Waals surface area contributed by atoms with Gasteiger partial charge in [0.15, 0.2) is 5.69 Å². The van der Waals surface area contributed by atoms with Gasteiger partial charge < -0.3 is 4.57 Å². The molecule has 0 amide bonds. The molecule has 0 bridgehead atoms. The zero-order valence-electron chi connectivity index (χ0n) is 21.0. The number of rotatable bonds is 5. The van der Waals surface area contributed by atoms with Gasteiger partial charge in [0, 0.05) is 18.3 Å². The zero-order valence-corrected chi connectivity index (χ0v) is 21.0. The lowest BCUT2D eigenvalue weighted by atomic mass is 9.94. The van der Waals surface area contributed by atoms with Crippen molar-refractivity contribution in [2.75, 3.05) is 0 Å². The lowest BCUT2D eigenvalue weighted by Crippen LogP contribution is -2.07. The van der Waals surface area contributed by atoms with E-state index in [1.54, 1.807) is 25.4 Å². The number of hydrogen-bond acceptors (Lipinski definition) is 3. The predicted molar refractivity (Wildman–Crippen MR) is 140 cm³/mol. The number of hydrogen-bond donors (Lipinski definition) is 0. The molecular formula is C29H26F3N5. The summed E-state index contributed by atoms with van der Waals surface area (Å²) >= 11 is 0. The van der Waals surface area contributed by atoms with Crippen LogP contribution in [-0.2, 0) is 13.2 Å². The van der Waals surface area contributed by atoms with E-state index in [9.17, 15) is 13.2 Å². The monoisotopic (exact) mass is 501 g/mol. The molecule has 0 aliphatic heterocycles. The number of benzene rings is 2. The highest BCUT2D eigenvalue weighted by atomic mass is 19.4.